The van der Waals surface area contributed by atoms with Gasteiger partial charge in [-0.25, -0.2) is 4.98 Å². The van der Waals surface area contributed by atoms with Crippen LogP contribution in [-0.4, -0.2) is 40.1 Å². The van der Waals surface area contributed by atoms with Gasteiger partial charge in [0.2, 0.25) is 16.0 Å². The Balaban J connectivity index is 1.71. The summed E-state index contributed by atoms with van der Waals surface area (Å²) in [6.07, 6.45) is 4.50. The maximum absolute atomic E-state index is 12.1. The minimum atomic E-state index is -0.200. The lowest BCUT2D eigenvalue weighted by atomic mass is 10.2. The van der Waals surface area contributed by atoms with Crippen LogP contribution in [0.3, 0.4) is 0 Å². The summed E-state index contributed by atoms with van der Waals surface area (Å²) in [4.78, 5) is 30.5. The van der Waals surface area contributed by atoms with E-state index in [0.29, 0.717) is 21.8 Å². The minimum Gasteiger partial charge on any atom is -0.352 e. The summed E-state index contributed by atoms with van der Waals surface area (Å²) in [5, 5.41) is 7.90. The molecule has 2 aromatic heterocycles. The predicted molar refractivity (Wildman–Crippen MR) is 85.5 cm³/mol. The lowest BCUT2D eigenvalue weighted by Gasteiger charge is -2.17. The lowest BCUT2D eigenvalue weighted by molar-refractivity contribution is -0.120. The summed E-state index contributed by atoms with van der Waals surface area (Å²) in [5.74, 6) is -0.00913. The zero-order valence-corrected chi connectivity index (χ0v) is 13.5. The number of fused-ring (bicyclic) bond motifs is 1. The first-order valence-corrected chi connectivity index (χ1v) is 8.22. The van der Waals surface area contributed by atoms with Gasteiger partial charge in [-0.15, -0.1) is 5.10 Å². The fourth-order valence-corrected chi connectivity index (χ4v) is 3.60. The van der Waals surface area contributed by atoms with Crippen LogP contribution < -0.4 is 15.8 Å². The molecular formula is C14H19N5O2S. The summed E-state index contributed by atoms with van der Waals surface area (Å²) in [6, 6.07) is 1.76. The topological polar surface area (TPSA) is 79.6 Å². The molecule has 0 aromatic carbocycles. The molecule has 0 aliphatic heterocycles. The van der Waals surface area contributed by atoms with Crippen molar-refractivity contribution in [2.45, 2.75) is 38.6 Å². The molecule has 3 rings (SSSR count). The van der Waals surface area contributed by atoms with E-state index in [1.165, 1.54) is 34.8 Å². The van der Waals surface area contributed by atoms with Crippen molar-refractivity contribution >= 4 is 27.3 Å². The molecule has 0 atom stereocenters. The van der Waals surface area contributed by atoms with Gasteiger partial charge in [0.25, 0.3) is 5.56 Å². The second-order valence-electron chi connectivity index (χ2n) is 5.72. The van der Waals surface area contributed by atoms with Gasteiger partial charge in [-0.3, -0.25) is 9.59 Å². The summed E-state index contributed by atoms with van der Waals surface area (Å²) in [5.41, 5.74) is 0.468. The van der Waals surface area contributed by atoms with Crippen molar-refractivity contribution in [3.05, 3.63) is 22.1 Å². The van der Waals surface area contributed by atoms with E-state index in [1.807, 2.05) is 0 Å². The van der Waals surface area contributed by atoms with Crippen LogP contribution >= 0.6 is 11.3 Å². The lowest BCUT2D eigenvalue weighted by Crippen LogP contribution is -2.40. The van der Waals surface area contributed by atoms with Gasteiger partial charge < -0.3 is 10.2 Å². The van der Waals surface area contributed by atoms with Crippen molar-refractivity contribution < 1.29 is 4.79 Å². The van der Waals surface area contributed by atoms with Crippen LogP contribution in [0.2, 0.25) is 0 Å². The molecule has 8 heteroatoms. The molecule has 0 saturated heterocycles. The SMILES string of the molecule is Cc1cc(=O)n2nc(N(C)CC(=O)NC3CCCC3)sc2n1. The van der Waals surface area contributed by atoms with E-state index < -0.39 is 0 Å². The first-order valence-electron chi connectivity index (χ1n) is 7.41. The molecule has 2 aromatic rings. The molecular weight excluding hydrogens is 302 g/mol. The van der Waals surface area contributed by atoms with Crippen molar-refractivity contribution in [2.24, 2.45) is 0 Å². The number of anilines is 1. The van der Waals surface area contributed by atoms with E-state index in [2.05, 4.69) is 15.4 Å². The molecule has 1 aliphatic rings. The number of carbonyl (C=O) groups is 1. The van der Waals surface area contributed by atoms with Gasteiger partial charge in [0, 0.05) is 24.8 Å². The molecule has 0 unspecified atom stereocenters. The molecule has 2 heterocycles. The number of carbonyl (C=O) groups excluding carboxylic acids is 1. The Hall–Kier alpha value is -1.96. The molecule has 0 spiro atoms. The van der Waals surface area contributed by atoms with E-state index in [4.69, 9.17) is 0 Å². The van der Waals surface area contributed by atoms with Crippen LogP contribution in [0, 0.1) is 6.92 Å². The average molecular weight is 321 g/mol. The van der Waals surface area contributed by atoms with Crippen LogP contribution in [-0.2, 0) is 4.79 Å². The van der Waals surface area contributed by atoms with E-state index in [0.717, 1.165) is 12.8 Å². The smallest absolute Gasteiger partial charge is 0.275 e. The van der Waals surface area contributed by atoms with Crippen LogP contribution in [0.5, 0.6) is 0 Å². The average Bonchev–Trinajstić information content (AvgIpc) is 3.07. The van der Waals surface area contributed by atoms with Crippen molar-refractivity contribution in [3.8, 4) is 0 Å². The molecule has 1 aliphatic carbocycles. The van der Waals surface area contributed by atoms with E-state index in [1.54, 1.807) is 18.9 Å². The van der Waals surface area contributed by atoms with Crippen molar-refractivity contribution in [3.63, 3.8) is 0 Å². The largest absolute Gasteiger partial charge is 0.352 e. The zero-order valence-electron chi connectivity index (χ0n) is 12.7. The van der Waals surface area contributed by atoms with Crippen molar-refractivity contribution in [1.82, 2.24) is 19.9 Å². The maximum atomic E-state index is 12.1. The second-order valence-corrected chi connectivity index (χ2v) is 6.65. The summed E-state index contributed by atoms with van der Waals surface area (Å²) < 4.78 is 1.28. The van der Waals surface area contributed by atoms with Gasteiger partial charge in [-0.05, 0) is 19.8 Å². The number of aromatic nitrogens is 3. The third-order valence-corrected chi connectivity index (χ3v) is 4.81. The summed E-state index contributed by atoms with van der Waals surface area (Å²) in [7, 11) is 1.80. The van der Waals surface area contributed by atoms with Gasteiger partial charge in [0.05, 0.1) is 6.54 Å². The monoisotopic (exact) mass is 321 g/mol. The molecule has 22 heavy (non-hydrogen) atoms. The predicted octanol–water partition coefficient (Wildman–Crippen LogP) is 0.954. The number of rotatable bonds is 4. The number of amides is 1. The van der Waals surface area contributed by atoms with Crippen LogP contribution in [0.15, 0.2) is 10.9 Å². The molecule has 0 bridgehead atoms. The highest BCUT2D eigenvalue weighted by atomic mass is 32.1. The van der Waals surface area contributed by atoms with Crippen LogP contribution in [0.1, 0.15) is 31.4 Å². The molecule has 0 radical (unpaired) electrons. The van der Waals surface area contributed by atoms with Gasteiger partial charge >= 0.3 is 0 Å². The number of aryl methyl sites for hydroxylation is 1. The highest BCUT2D eigenvalue weighted by molar-refractivity contribution is 7.20. The van der Waals surface area contributed by atoms with Crippen molar-refractivity contribution in [2.75, 3.05) is 18.5 Å². The molecule has 1 N–H and O–H groups in total. The Morgan fingerprint density at radius 1 is 1.50 bits per heavy atom. The third kappa shape index (κ3) is 3.11. The fourth-order valence-electron chi connectivity index (χ4n) is 2.69. The van der Waals surface area contributed by atoms with Crippen LogP contribution in [0.25, 0.3) is 4.96 Å². The van der Waals surface area contributed by atoms with Gasteiger partial charge in [0.15, 0.2) is 0 Å². The first-order chi connectivity index (χ1) is 10.5. The summed E-state index contributed by atoms with van der Waals surface area (Å²) in [6.45, 7) is 2.00. The maximum Gasteiger partial charge on any atom is 0.275 e. The third-order valence-electron chi connectivity index (χ3n) is 3.79. The van der Waals surface area contributed by atoms with E-state index in [9.17, 15) is 9.59 Å². The Bertz CT molecular complexity index is 747. The number of hydrogen-bond acceptors (Lipinski definition) is 6. The van der Waals surface area contributed by atoms with E-state index >= 15 is 0 Å². The normalized spacial score (nSPS) is 15.4. The van der Waals surface area contributed by atoms with Crippen LogP contribution in [0.4, 0.5) is 5.13 Å². The zero-order chi connectivity index (χ0) is 15.7. The molecule has 1 fully saturated rings. The van der Waals surface area contributed by atoms with Gasteiger partial charge in [0.1, 0.15) is 0 Å². The number of hydrogen-bond donors (Lipinski definition) is 1. The second kappa shape index (κ2) is 6.04. The van der Waals surface area contributed by atoms with Gasteiger partial charge in [-0.1, -0.05) is 24.2 Å². The van der Waals surface area contributed by atoms with E-state index in [-0.39, 0.29) is 18.0 Å². The molecule has 1 amide bonds. The molecule has 118 valence electrons. The Labute approximate surface area is 132 Å². The Morgan fingerprint density at radius 2 is 2.23 bits per heavy atom. The quantitative estimate of drug-likeness (QED) is 0.907. The standard InChI is InChI=1S/C14H19N5O2S/c1-9-7-12(21)19-13(15-9)22-14(17-19)18(2)8-11(20)16-10-5-3-4-6-10/h7,10H,3-6,8H2,1-2H3,(H,16,20). The number of nitrogens with one attached hydrogen (secondary N) is 1. The highest BCUT2D eigenvalue weighted by Gasteiger charge is 2.19. The number of likely N-dealkylation sites (N-methyl/N-ethyl adjacent to an activating group) is 1. The summed E-state index contributed by atoms with van der Waals surface area (Å²) >= 11 is 1.31. The fraction of sp³-hybridized carbons (Fsp3) is 0.571. The Kier molecular flexibility index (Phi) is 4.10. The van der Waals surface area contributed by atoms with Gasteiger partial charge in [-0.2, -0.15) is 4.52 Å². The Morgan fingerprint density at radius 3 is 2.95 bits per heavy atom. The molecule has 7 nitrogen and oxygen atoms in total. The number of nitrogens with zero attached hydrogens (tertiary/aromatic N) is 4. The van der Waals surface area contributed by atoms with Crippen molar-refractivity contribution in [1.29, 1.82) is 0 Å². The first kappa shape index (κ1) is 15.0. The minimum absolute atomic E-state index is 0.00913. The highest BCUT2D eigenvalue weighted by Crippen LogP contribution is 2.20. The molecule has 1 saturated carbocycles.